The molecule has 0 aliphatic rings. The molecular weight excluding hydrogens is 318 g/mol. The Kier molecular flexibility index (Phi) is 4.58. The van der Waals surface area contributed by atoms with Gasteiger partial charge in [0.2, 0.25) is 5.91 Å². The summed E-state index contributed by atoms with van der Waals surface area (Å²) in [6.45, 7) is 1.99. The number of halogens is 1. The number of benzene rings is 2. The van der Waals surface area contributed by atoms with E-state index in [1.807, 2.05) is 25.1 Å². The van der Waals surface area contributed by atoms with Gasteiger partial charge >= 0.3 is 0 Å². The normalized spacial score (nSPS) is 10.7. The molecule has 0 saturated carbocycles. The molecule has 0 spiro atoms. The highest BCUT2D eigenvalue weighted by molar-refractivity contribution is 9.10. The maximum Gasteiger partial charge on any atom is 0.248 e. The van der Waals surface area contributed by atoms with Gasteiger partial charge in [-0.2, -0.15) is 0 Å². The minimum absolute atomic E-state index is 0.204. The second-order valence-corrected chi connectivity index (χ2v) is 5.25. The fourth-order valence-electron chi connectivity index (χ4n) is 1.65. The van der Waals surface area contributed by atoms with E-state index in [1.54, 1.807) is 30.3 Å². The van der Waals surface area contributed by atoms with Gasteiger partial charge in [-0.1, -0.05) is 18.2 Å². The van der Waals surface area contributed by atoms with Crippen molar-refractivity contribution in [3.05, 3.63) is 64.1 Å². The second-order valence-electron chi connectivity index (χ2n) is 4.40. The number of hydrogen-bond donors (Lipinski definition) is 2. The molecule has 0 unspecified atom stereocenters. The number of phenols is 1. The van der Waals surface area contributed by atoms with Crippen LogP contribution in [0.1, 0.15) is 11.1 Å². The predicted molar refractivity (Wildman–Crippen MR) is 84.6 cm³/mol. The van der Waals surface area contributed by atoms with Crippen LogP contribution in [0.15, 0.2) is 53.0 Å². The Morgan fingerprint density at radius 3 is 2.55 bits per heavy atom. The van der Waals surface area contributed by atoms with Crippen LogP contribution < -0.4 is 5.32 Å². The number of nitrogens with one attached hydrogen (secondary N) is 1. The van der Waals surface area contributed by atoms with Crippen molar-refractivity contribution in [1.29, 1.82) is 0 Å². The van der Waals surface area contributed by atoms with Crippen LogP contribution >= 0.6 is 15.9 Å². The zero-order chi connectivity index (χ0) is 14.5. The standard InChI is InChI=1S/C16H14BrNO2/c1-11-2-8-15(14(17)10-11)18-16(20)9-5-12-3-6-13(19)7-4-12/h2-10,19H,1H3,(H,18,20)/b9-5+. The molecule has 0 bridgehead atoms. The SMILES string of the molecule is Cc1ccc(NC(=O)/C=C/c2ccc(O)cc2)c(Br)c1. The molecular formula is C16H14BrNO2. The first-order valence-corrected chi connectivity index (χ1v) is 6.88. The maximum atomic E-state index is 11.8. The third-order valence-corrected chi connectivity index (χ3v) is 3.36. The Hall–Kier alpha value is -2.07. The first kappa shape index (κ1) is 14.3. The van der Waals surface area contributed by atoms with Crippen molar-refractivity contribution in [2.45, 2.75) is 6.92 Å². The second kappa shape index (κ2) is 6.39. The average Bonchev–Trinajstić information content (AvgIpc) is 2.41. The number of aromatic hydroxyl groups is 1. The molecule has 0 fully saturated rings. The number of carbonyl (C=O) groups is 1. The van der Waals surface area contributed by atoms with Crippen LogP contribution in [0.3, 0.4) is 0 Å². The zero-order valence-electron chi connectivity index (χ0n) is 10.9. The van der Waals surface area contributed by atoms with Gasteiger partial charge in [-0.05, 0) is 64.3 Å². The summed E-state index contributed by atoms with van der Waals surface area (Å²) in [6, 6.07) is 12.4. The highest BCUT2D eigenvalue weighted by atomic mass is 79.9. The van der Waals surface area contributed by atoms with Gasteiger partial charge in [0.05, 0.1) is 5.69 Å². The van der Waals surface area contributed by atoms with Crippen molar-refractivity contribution >= 4 is 33.6 Å². The lowest BCUT2D eigenvalue weighted by molar-refractivity contribution is -0.111. The first-order valence-electron chi connectivity index (χ1n) is 6.09. The number of hydrogen-bond acceptors (Lipinski definition) is 2. The van der Waals surface area contributed by atoms with E-state index in [2.05, 4.69) is 21.2 Å². The molecule has 0 atom stereocenters. The van der Waals surface area contributed by atoms with E-state index >= 15 is 0 Å². The lowest BCUT2D eigenvalue weighted by atomic mass is 10.2. The Morgan fingerprint density at radius 2 is 1.90 bits per heavy atom. The molecule has 20 heavy (non-hydrogen) atoms. The molecule has 0 aliphatic carbocycles. The Morgan fingerprint density at radius 1 is 1.20 bits per heavy atom. The smallest absolute Gasteiger partial charge is 0.248 e. The molecule has 0 heterocycles. The van der Waals surface area contributed by atoms with Crippen LogP contribution in [-0.2, 0) is 4.79 Å². The highest BCUT2D eigenvalue weighted by Crippen LogP contribution is 2.23. The van der Waals surface area contributed by atoms with Crippen LogP contribution in [0.25, 0.3) is 6.08 Å². The maximum absolute atomic E-state index is 11.8. The summed E-state index contributed by atoms with van der Waals surface area (Å²) < 4.78 is 0.851. The van der Waals surface area contributed by atoms with Gasteiger partial charge in [0.1, 0.15) is 5.75 Å². The van der Waals surface area contributed by atoms with Gasteiger partial charge in [-0.3, -0.25) is 4.79 Å². The predicted octanol–water partition coefficient (Wildman–Crippen LogP) is 4.12. The molecule has 3 nitrogen and oxygen atoms in total. The molecule has 1 amide bonds. The van der Waals surface area contributed by atoms with Gasteiger partial charge in [-0.25, -0.2) is 0 Å². The summed E-state index contributed by atoms with van der Waals surface area (Å²) in [4.78, 5) is 11.8. The summed E-state index contributed by atoms with van der Waals surface area (Å²) in [6.07, 6.45) is 3.15. The summed E-state index contributed by atoms with van der Waals surface area (Å²) in [5, 5.41) is 12.0. The third-order valence-electron chi connectivity index (χ3n) is 2.70. The van der Waals surface area contributed by atoms with E-state index in [0.717, 1.165) is 21.3 Å². The molecule has 4 heteroatoms. The van der Waals surface area contributed by atoms with Crippen LogP contribution in [-0.4, -0.2) is 11.0 Å². The number of aryl methyl sites for hydroxylation is 1. The van der Waals surface area contributed by atoms with E-state index in [-0.39, 0.29) is 11.7 Å². The molecule has 0 aliphatic heterocycles. The van der Waals surface area contributed by atoms with Crippen molar-refractivity contribution in [1.82, 2.24) is 0 Å². The summed E-state index contributed by atoms with van der Waals surface area (Å²) in [5.74, 6) is -0.00202. The summed E-state index contributed by atoms with van der Waals surface area (Å²) in [7, 11) is 0. The van der Waals surface area contributed by atoms with Crippen molar-refractivity contribution in [2.75, 3.05) is 5.32 Å². The van der Waals surface area contributed by atoms with E-state index in [4.69, 9.17) is 0 Å². The average molecular weight is 332 g/mol. The lowest BCUT2D eigenvalue weighted by Crippen LogP contribution is -2.08. The lowest BCUT2D eigenvalue weighted by Gasteiger charge is -2.05. The summed E-state index contributed by atoms with van der Waals surface area (Å²) in [5.41, 5.74) is 2.70. The van der Waals surface area contributed by atoms with Crippen LogP contribution in [0.2, 0.25) is 0 Å². The number of phenolic OH excluding ortho intramolecular Hbond substituents is 1. The van der Waals surface area contributed by atoms with E-state index in [1.165, 1.54) is 6.08 Å². The topological polar surface area (TPSA) is 49.3 Å². The van der Waals surface area contributed by atoms with E-state index in [9.17, 15) is 9.90 Å². The molecule has 2 aromatic carbocycles. The number of rotatable bonds is 3. The monoisotopic (exact) mass is 331 g/mol. The van der Waals surface area contributed by atoms with E-state index in [0.29, 0.717) is 0 Å². The van der Waals surface area contributed by atoms with Gasteiger partial charge in [0, 0.05) is 10.5 Å². The zero-order valence-corrected chi connectivity index (χ0v) is 12.5. The highest BCUT2D eigenvalue weighted by Gasteiger charge is 2.02. The van der Waals surface area contributed by atoms with Gasteiger partial charge < -0.3 is 10.4 Å². The van der Waals surface area contributed by atoms with Gasteiger partial charge in [0.25, 0.3) is 0 Å². The van der Waals surface area contributed by atoms with Gasteiger partial charge in [0.15, 0.2) is 0 Å². The largest absolute Gasteiger partial charge is 0.508 e. The first-order chi connectivity index (χ1) is 9.54. The Labute approximate surface area is 126 Å². The summed E-state index contributed by atoms with van der Waals surface area (Å²) >= 11 is 3.41. The minimum Gasteiger partial charge on any atom is -0.508 e. The van der Waals surface area contributed by atoms with Crippen molar-refractivity contribution < 1.29 is 9.90 Å². The fraction of sp³-hybridized carbons (Fsp3) is 0.0625. The number of amides is 1. The van der Waals surface area contributed by atoms with Crippen LogP contribution in [0.5, 0.6) is 5.75 Å². The number of anilines is 1. The molecule has 2 aromatic rings. The number of carbonyl (C=O) groups excluding carboxylic acids is 1. The fourth-order valence-corrected chi connectivity index (χ4v) is 2.25. The Balaban J connectivity index is 2.03. The van der Waals surface area contributed by atoms with Crippen molar-refractivity contribution in [2.24, 2.45) is 0 Å². The molecule has 102 valence electrons. The van der Waals surface area contributed by atoms with E-state index < -0.39 is 0 Å². The minimum atomic E-state index is -0.206. The quantitative estimate of drug-likeness (QED) is 0.831. The molecule has 0 saturated heterocycles. The van der Waals surface area contributed by atoms with Gasteiger partial charge in [-0.15, -0.1) is 0 Å². The van der Waals surface area contributed by atoms with Crippen LogP contribution in [0, 0.1) is 6.92 Å². The Bertz CT molecular complexity index is 648. The third kappa shape index (κ3) is 3.96. The molecule has 2 rings (SSSR count). The molecule has 0 aromatic heterocycles. The molecule has 2 N–H and O–H groups in total. The van der Waals surface area contributed by atoms with Crippen molar-refractivity contribution in [3.8, 4) is 5.75 Å². The van der Waals surface area contributed by atoms with Crippen LogP contribution in [0.4, 0.5) is 5.69 Å². The van der Waals surface area contributed by atoms with Crippen molar-refractivity contribution in [3.63, 3.8) is 0 Å². The molecule has 0 radical (unpaired) electrons.